The molecule has 4 unspecified atom stereocenters. The number of ether oxygens (including phenoxy) is 1. The maximum absolute atomic E-state index is 6.16. The predicted octanol–water partition coefficient (Wildman–Crippen LogP) is 2.68. The number of likely N-dealkylation sites (tertiary alicyclic amines) is 1. The average molecular weight is 351 g/mol. The minimum absolute atomic E-state index is 0.329. The zero-order chi connectivity index (χ0) is 14.4. The van der Waals surface area contributed by atoms with Crippen LogP contribution in [0, 0.1) is 11.8 Å². The predicted molar refractivity (Wildman–Crippen MR) is 87.8 cm³/mol. The van der Waals surface area contributed by atoms with Gasteiger partial charge in [-0.1, -0.05) is 22.9 Å². The van der Waals surface area contributed by atoms with Crippen LogP contribution in [0.1, 0.15) is 18.9 Å². The lowest BCUT2D eigenvalue weighted by atomic mass is 9.93. The van der Waals surface area contributed by atoms with E-state index in [0.717, 1.165) is 41.1 Å². The highest BCUT2D eigenvalue weighted by Gasteiger charge is 2.44. The SMILES string of the molecule is CCC1C2CNCC2CN1CC1Cc2cc(Br)ccc2O1. The van der Waals surface area contributed by atoms with Crippen molar-refractivity contribution in [1.82, 2.24) is 10.2 Å². The first kappa shape index (κ1) is 14.0. The topological polar surface area (TPSA) is 24.5 Å². The maximum Gasteiger partial charge on any atom is 0.123 e. The third-order valence-electron chi connectivity index (χ3n) is 5.44. The molecule has 0 bridgehead atoms. The van der Waals surface area contributed by atoms with Crippen LogP contribution in [0.25, 0.3) is 0 Å². The molecular formula is C17H23BrN2O. The molecule has 1 aromatic carbocycles. The second kappa shape index (κ2) is 5.56. The zero-order valence-corrected chi connectivity index (χ0v) is 14.1. The van der Waals surface area contributed by atoms with Crippen molar-refractivity contribution in [3.8, 4) is 5.75 Å². The molecule has 3 heterocycles. The van der Waals surface area contributed by atoms with E-state index in [-0.39, 0.29) is 0 Å². The van der Waals surface area contributed by atoms with Gasteiger partial charge in [0.1, 0.15) is 11.9 Å². The van der Waals surface area contributed by atoms with Gasteiger partial charge in [0.15, 0.2) is 0 Å². The second-order valence-electron chi connectivity index (χ2n) is 6.71. The Labute approximate surface area is 135 Å². The summed E-state index contributed by atoms with van der Waals surface area (Å²) >= 11 is 3.55. The first-order chi connectivity index (χ1) is 10.2. The number of halogens is 1. The molecule has 4 atom stereocenters. The Kier molecular flexibility index (Phi) is 3.72. The number of nitrogens with zero attached hydrogens (tertiary/aromatic N) is 1. The van der Waals surface area contributed by atoms with Crippen LogP contribution < -0.4 is 10.1 Å². The van der Waals surface area contributed by atoms with Gasteiger partial charge < -0.3 is 10.1 Å². The lowest BCUT2D eigenvalue weighted by molar-refractivity contribution is 0.129. The van der Waals surface area contributed by atoms with E-state index in [1.165, 1.54) is 31.6 Å². The molecule has 2 fully saturated rings. The fourth-order valence-electron chi connectivity index (χ4n) is 4.53. The molecule has 4 rings (SSSR count). The molecule has 0 aromatic heterocycles. The Morgan fingerprint density at radius 3 is 3.14 bits per heavy atom. The van der Waals surface area contributed by atoms with Crippen molar-refractivity contribution in [3.05, 3.63) is 28.2 Å². The summed E-state index contributed by atoms with van der Waals surface area (Å²) in [4.78, 5) is 2.70. The van der Waals surface area contributed by atoms with Crippen LogP contribution in [0.4, 0.5) is 0 Å². The van der Waals surface area contributed by atoms with E-state index in [2.05, 4.69) is 51.3 Å². The molecule has 3 nitrogen and oxygen atoms in total. The van der Waals surface area contributed by atoms with Crippen molar-refractivity contribution in [3.63, 3.8) is 0 Å². The summed E-state index contributed by atoms with van der Waals surface area (Å²) in [5.74, 6) is 2.79. The Morgan fingerprint density at radius 2 is 2.29 bits per heavy atom. The Hall–Kier alpha value is -0.580. The van der Waals surface area contributed by atoms with Crippen molar-refractivity contribution in [2.24, 2.45) is 11.8 Å². The van der Waals surface area contributed by atoms with Gasteiger partial charge in [-0.15, -0.1) is 0 Å². The van der Waals surface area contributed by atoms with E-state index in [4.69, 9.17) is 4.74 Å². The minimum Gasteiger partial charge on any atom is -0.488 e. The number of hydrogen-bond acceptors (Lipinski definition) is 3. The molecule has 0 aliphatic carbocycles. The third kappa shape index (κ3) is 2.51. The molecule has 4 heteroatoms. The highest BCUT2D eigenvalue weighted by Crippen LogP contribution is 2.36. The molecule has 0 saturated carbocycles. The standard InChI is InChI=1S/C17H23BrN2O/c1-2-16-15-8-19-7-12(15)9-20(16)10-14-6-11-5-13(18)3-4-17(11)21-14/h3-5,12,14-16,19H,2,6-10H2,1H3. The van der Waals surface area contributed by atoms with E-state index in [9.17, 15) is 0 Å². The lowest BCUT2D eigenvalue weighted by Gasteiger charge is -2.28. The van der Waals surface area contributed by atoms with E-state index >= 15 is 0 Å². The van der Waals surface area contributed by atoms with Crippen LogP contribution in [0.15, 0.2) is 22.7 Å². The normalized spacial score (nSPS) is 34.8. The number of fused-ring (bicyclic) bond motifs is 2. The van der Waals surface area contributed by atoms with Crippen LogP contribution in [0.2, 0.25) is 0 Å². The highest BCUT2D eigenvalue weighted by molar-refractivity contribution is 9.10. The number of rotatable bonds is 3. The molecule has 2 saturated heterocycles. The van der Waals surface area contributed by atoms with Gasteiger partial charge in [0, 0.05) is 30.0 Å². The summed E-state index contributed by atoms with van der Waals surface area (Å²) in [6.45, 7) is 7.07. The first-order valence-corrected chi connectivity index (χ1v) is 8.93. The van der Waals surface area contributed by atoms with Crippen molar-refractivity contribution < 1.29 is 4.74 Å². The molecular weight excluding hydrogens is 328 g/mol. The molecule has 1 N–H and O–H groups in total. The van der Waals surface area contributed by atoms with Gasteiger partial charge >= 0.3 is 0 Å². The number of nitrogens with one attached hydrogen (secondary N) is 1. The van der Waals surface area contributed by atoms with Crippen LogP contribution in [-0.4, -0.2) is 43.2 Å². The van der Waals surface area contributed by atoms with Gasteiger partial charge in [-0.05, 0) is 55.1 Å². The van der Waals surface area contributed by atoms with Crippen LogP contribution in [0.5, 0.6) is 5.75 Å². The quantitative estimate of drug-likeness (QED) is 0.906. The second-order valence-corrected chi connectivity index (χ2v) is 7.62. The summed E-state index contributed by atoms with van der Waals surface area (Å²) in [6, 6.07) is 7.11. The summed E-state index contributed by atoms with van der Waals surface area (Å²) in [7, 11) is 0. The van der Waals surface area contributed by atoms with Gasteiger partial charge in [-0.2, -0.15) is 0 Å². The third-order valence-corrected chi connectivity index (χ3v) is 5.94. The Morgan fingerprint density at radius 1 is 1.38 bits per heavy atom. The van der Waals surface area contributed by atoms with Gasteiger partial charge in [-0.3, -0.25) is 4.90 Å². The lowest BCUT2D eigenvalue weighted by Crippen LogP contribution is -2.41. The molecule has 3 aliphatic heterocycles. The molecule has 0 spiro atoms. The molecule has 114 valence electrons. The smallest absolute Gasteiger partial charge is 0.123 e. The van der Waals surface area contributed by atoms with Gasteiger partial charge in [-0.25, -0.2) is 0 Å². The number of benzene rings is 1. The van der Waals surface area contributed by atoms with E-state index in [0.29, 0.717) is 6.10 Å². The highest BCUT2D eigenvalue weighted by atomic mass is 79.9. The molecule has 0 radical (unpaired) electrons. The van der Waals surface area contributed by atoms with Crippen molar-refractivity contribution in [2.45, 2.75) is 31.9 Å². The summed E-state index contributed by atoms with van der Waals surface area (Å²) in [5, 5.41) is 3.56. The van der Waals surface area contributed by atoms with Crippen molar-refractivity contribution >= 4 is 15.9 Å². The van der Waals surface area contributed by atoms with Crippen molar-refractivity contribution in [2.75, 3.05) is 26.2 Å². The summed E-state index contributed by atoms with van der Waals surface area (Å²) in [5.41, 5.74) is 1.35. The van der Waals surface area contributed by atoms with Gasteiger partial charge in [0.25, 0.3) is 0 Å². The van der Waals surface area contributed by atoms with E-state index in [1.54, 1.807) is 0 Å². The van der Waals surface area contributed by atoms with Crippen LogP contribution >= 0.6 is 15.9 Å². The zero-order valence-electron chi connectivity index (χ0n) is 12.5. The van der Waals surface area contributed by atoms with Crippen molar-refractivity contribution in [1.29, 1.82) is 0 Å². The molecule has 3 aliphatic rings. The van der Waals surface area contributed by atoms with Gasteiger partial charge in [0.2, 0.25) is 0 Å². The number of hydrogen-bond donors (Lipinski definition) is 1. The largest absolute Gasteiger partial charge is 0.488 e. The van der Waals surface area contributed by atoms with Crippen LogP contribution in [-0.2, 0) is 6.42 Å². The fourth-order valence-corrected chi connectivity index (χ4v) is 4.94. The molecule has 0 amide bonds. The Bertz CT molecular complexity index is 536. The Balaban J connectivity index is 1.43. The fraction of sp³-hybridized carbons (Fsp3) is 0.647. The van der Waals surface area contributed by atoms with Gasteiger partial charge in [0.05, 0.1) is 0 Å². The maximum atomic E-state index is 6.16. The summed E-state index contributed by atoms with van der Waals surface area (Å²) < 4.78 is 7.31. The minimum atomic E-state index is 0.329. The molecule has 1 aromatic rings. The van der Waals surface area contributed by atoms with E-state index < -0.39 is 0 Å². The monoisotopic (exact) mass is 350 g/mol. The average Bonchev–Trinajstić information content (AvgIpc) is 3.11. The van der Waals surface area contributed by atoms with E-state index in [1.807, 2.05) is 0 Å². The summed E-state index contributed by atoms with van der Waals surface area (Å²) in [6.07, 6.45) is 2.64. The first-order valence-electron chi connectivity index (χ1n) is 8.14. The van der Waals surface area contributed by atoms with Crippen LogP contribution in [0.3, 0.4) is 0 Å². The molecule has 21 heavy (non-hydrogen) atoms.